The third kappa shape index (κ3) is 4.88. The van der Waals surface area contributed by atoms with Crippen molar-refractivity contribution in [2.75, 3.05) is 6.54 Å². The maximum Gasteiger partial charge on any atom is 0.303 e. The van der Waals surface area contributed by atoms with Gasteiger partial charge in [0.05, 0.1) is 0 Å². The summed E-state index contributed by atoms with van der Waals surface area (Å²) in [4.78, 5) is 10.7. The molecular weight excluding hydrogens is 286 g/mol. The number of carboxylic acids is 1. The average molecular weight is 306 g/mol. The van der Waals surface area contributed by atoms with Crippen molar-refractivity contribution in [3.63, 3.8) is 0 Å². The van der Waals surface area contributed by atoms with E-state index in [0.717, 1.165) is 23.1 Å². The number of nitrogens with two attached hydrogens (primary N) is 1. The Labute approximate surface area is 131 Å². The van der Waals surface area contributed by atoms with E-state index in [2.05, 4.69) is 24.3 Å². The fourth-order valence-electron chi connectivity index (χ4n) is 2.28. The van der Waals surface area contributed by atoms with Crippen molar-refractivity contribution in [3.8, 4) is 11.1 Å². The Kier molecular flexibility index (Phi) is 6.92. The van der Waals surface area contributed by atoms with Gasteiger partial charge in [0.15, 0.2) is 0 Å². The smallest absolute Gasteiger partial charge is 0.303 e. The normalized spacial score (nSPS) is 9.95. The largest absolute Gasteiger partial charge is 0.481 e. The first-order valence-electron chi connectivity index (χ1n) is 6.80. The van der Waals surface area contributed by atoms with Gasteiger partial charge in [0.25, 0.3) is 0 Å². The Morgan fingerprint density at radius 1 is 1.00 bits per heavy atom. The van der Waals surface area contributed by atoms with Crippen LogP contribution >= 0.6 is 12.4 Å². The molecule has 0 fully saturated rings. The molecule has 0 saturated heterocycles. The lowest BCUT2D eigenvalue weighted by molar-refractivity contribution is -0.136. The number of hydrogen-bond donors (Lipinski definition) is 2. The molecule has 0 bridgehead atoms. The summed E-state index contributed by atoms with van der Waals surface area (Å²) < 4.78 is 0. The quantitative estimate of drug-likeness (QED) is 0.860. The van der Waals surface area contributed by atoms with Gasteiger partial charge in [0.2, 0.25) is 0 Å². The lowest BCUT2D eigenvalue weighted by Gasteiger charge is -2.09. The second-order valence-corrected chi connectivity index (χ2v) is 4.79. The highest BCUT2D eigenvalue weighted by atomic mass is 35.5. The highest BCUT2D eigenvalue weighted by Crippen LogP contribution is 2.25. The number of halogens is 1. The van der Waals surface area contributed by atoms with Crippen LogP contribution in [-0.2, 0) is 17.6 Å². The molecule has 112 valence electrons. The zero-order valence-corrected chi connectivity index (χ0v) is 12.6. The fourth-order valence-corrected chi connectivity index (χ4v) is 2.28. The van der Waals surface area contributed by atoms with Crippen molar-refractivity contribution in [1.82, 2.24) is 0 Å². The van der Waals surface area contributed by atoms with Crippen molar-refractivity contribution in [1.29, 1.82) is 0 Å². The second-order valence-electron chi connectivity index (χ2n) is 4.79. The molecule has 0 saturated carbocycles. The zero-order valence-electron chi connectivity index (χ0n) is 11.8. The molecule has 0 aliphatic rings. The molecule has 3 nitrogen and oxygen atoms in total. The first kappa shape index (κ1) is 17.2. The van der Waals surface area contributed by atoms with Crippen LogP contribution in [0.5, 0.6) is 0 Å². The Morgan fingerprint density at radius 2 is 1.67 bits per heavy atom. The van der Waals surface area contributed by atoms with Gasteiger partial charge in [-0.05, 0) is 41.6 Å². The molecule has 4 heteroatoms. The standard InChI is InChI=1S/C17H19NO2.ClH/c18-12-11-13-5-7-15(8-6-13)16-4-2-1-3-14(16)9-10-17(19)20;/h1-8H,9-12,18H2,(H,19,20);1H. The summed E-state index contributed by atoms with van der Waals surface area (Å²) in [6, 6.07) is 16.3. The molecule has 0 heterocycles. The highest BCUT2D eigenvalue weighted by molar-refractivity contribution is 5.85. The van der Waals surface area contributed by atoms with E-state index in [4.69, 9.17) is 10.8 Å². The lowest BCUT2D eigenvalue weighted by atomic mass is 9.96. The zero-order chi connectivity index (χ0) is 14.4. The highest BCUT2D eigenvalue weighted by Gasteiger charge is 2.06. The number of hydrogen-bond acceptors (Lipinski definition) is 2. The number of carbonyl (C=O) groups is 1. The van der Waals surface area contributed by atoms with Crippen LogP contribution in [0.3, 0.4) is 0 Å². The molecule has 0 aromatic heterocycles. The van der Waals surface area contributed by atoms with Gasteiger partial charge in [-0.15, -0.1) is 12.4 Å². The van der Waals surface area contributed by atoms with Crippen LogP contribution in [0.25, 0.3) is 11.1 Å². The van der Waals surface area contributed by atoms with Gasteiger partial charge in [-0.1, -0.05) is 48.5 Å². The summed E-state index contributed by atoms with van der Waals surface area (Å²) in [5.41, 5.74) is 10.1. The topological polar surface area (TPSA) is 63.3 Å². The summed E-state index contributed by atoms with van der Waals surface area (Å²) in [5.74, 6) is -0.766. The maximum absolute atomic E-state index is 10.7. The van der Waals surface area contributed by atoms with Crippen molar-refractivity contribution in [2.45, 2.75) is 19.3 Å². The third-order valence-corrected chi connectivity index (χ3v) is 3.32. The van der Waals surface area contributed by atoms with Gasteiger partial charge in [0, 0.05) is 6.42 Å². The second kappa shape index (κ2) is 8.45. The van der Waals surface area contributed by atoms with E-state index in [-0.39, 0.29) is 18.8 Å². The van der Waals surface area contributed by atoms with Crippen LogP contribution in [0.2, 0.25) is 0 Å². The van der Waals surface area contributed by atoms with Crippen molar-refractivity contribution >= 4 is 18.4 Å². The molecule has 0 spiro atoms. The number of aryl methyl sites for hydroxylation is 1. The van der Waals surface area contributed by atoms with E-state index in [1.807, 2.05) is 24.3 Å². The van der Waals surface area contributed by atoms with Gasteiger partial charge in [-0.25, -0.2) is 0 Å². The summed E-state index contributed by atoms with van der Waals surface area (Å²) >= 11 is 0. The van der Waals surface area contributed by atoms with E-state index in [0.29, 0.717) is 13.0 Å². The van der Waals surface area contributed by atoms with Crippen LogP contribution in [-0.4, -0.2) is 17.6 Å². The summed E-state index contributed by atoms with van der Waals surface area (Å²) in [6.07, 6.45) is 1.58. The SMILES string of the molecule is Cl.NCCc1ccc(-c2ccccc2CCC(=O)O)cc1. The Balaban J connectivity index is 0.00000220. The molecule has 0 radical (unpaired) electrons. The molecule has 2 aromatic rings. The number of aliphatic carboxylic acids is 1. The van der Waals surface area contributed by atoms with Crippen molar-refractivity contribution < 1.29 is 9.90 Å². The Bertz CT molecular complexity index is 582. The lowest BCUT2D eigenvalue weighted by Crippen LogP contribution is -2.02. The van der Waals surface area contributed by atoms with Gasteiger partial charge < -0.3 is 10.8 Å². The summed E-state index contributed by atoms with van der Waals surface area (Å²) in [6.45, 7) is 0.647. The molecule has 0 atom stereocenters. The van der Waals surface area contributed by atoms with Crippen LogP contribution in [0, 0.1) is 0 Å². The van der Waals surface area contributed by atoms with Crippen molar-refractivity contribution in [3.05, 3.63) is 59.7 Å². The van der Waals surface area contributed by atoms with E-state index in [9.17, 15) is 4.79 Å². The summed E-state index contributed by atoms with van der Waals surface area (Å²) in [7, 11) is 0. The summed E-state index contributed by atoms with van der Waals surface area (Å²) in [5, 5.41) is 8.82. The molecular formula is C17H20ClNO2. The van der Waals surface area contributed by atoms with E-state index in [1.165, 1.54) is 5.56 Å². The minimum Gasteiger partial charge on any atom is -0.481 e. The average Bonchev–Trinajstić information content (AvgIpc) is 2.47. The first-order valence-corrected chi connectivity index (χ1v) is 6.80. The molecule has 21 heavy (non-hydrogen) atoms. The van der Waals surface area contributed by atoms with E-state index in [1.54, 1.807) is 0 Å². The van der Waals surface area contributed by atoms with Crippen LogP contribution in [0.15, 0.2) is 48.5 Å². The monoisotopic (exact) mass is 305 g/mol. The van der Waals surface area contributed by atoms with Gasteiger partial charge in [0.1, 0.15) is 0 Å². The minimum atomic E-state index is -0.766. The van der Waals surface area contributed by atoms with Crippen LogP contribution in [0.1, 0.15) is 17.5 Å². The molecule has 0 aliphatic carbocycles. The maximum atomic E-state index is 10.7. The molecule has 0 unspecified atom stereocenters. The van der Waals surface area contributed by atoms with E-state index < -0.39 is 5.97 Å². The number of carboxylic acid groups (broad SMARTS) is 1. The number of benzene rings is 2. The predicted octanol–water partition coefficient (Wildman–Crippen LogP) is 3.29. The predicted molar refractivity (Wildman–Crippen MR) is 87.8 cm³/mol. The van der Waals surface area contributed by atoms with Gasteiger partial charge >= 0.3 is 5.97 Å². The van der Waals surface area contributed by atoms with Crippen LogP contribution in [0.4, 0.5) is 0 Å². The molecule has 3 N–H and O–H groups in total. The third-order valence-electron chi connectivity index (χ3n) is 3.32. The van der Waals surface area contributed by atoms with Gasteiger partial charge in [-0.3, -0.25) is 4.79 Å². The Morgan fingerprint density at radius 3 is 2.29 bits per heavy atom. The molecule has 0 amide bonds. The molecule has 2 aromatic carbocycles. The molecule has 0 aliphatic heterocycles. The minimum absolute atomic E-state index is 0. The first-order chi connectivity index (χ1) is 9.70. The van der Waals surface area contributed by atoms with Gasteiger partial charge in [-0.2, -0.15) is 0 Å². The molecule has 2 rings (SSSR count). The number of rotatable bonds is 6. The van der Waals surface area contributed by atoms with Crippen LogP contribution < -0.4 is 5.73 Å². The fraction of sp³-hybridized carbons (Fsp3) is 0.235. The van der Waals surface area contributed by atoms with Crippen molar-refractivity contribution in [2.24, 2.45) is 5.73 Å². The van der Waals surface area contributed by atoms with E-state index >= 15 is 0 Å². The Hall–Kier alpha value is -1.84.